The molecule has 2 aromatic carbocycles. The molecule has 0 bridgehead atoms. The molecule has 0 saturated heterocycles. The van der Waals surface area contributed by atoms with Gasteiger partial charge in [-0.2, -0.15) is 0 Å². The Bertz CT molecular complexity index is 774. The number of hydrogen-bond donors (Lipinski definition) is 1. The number of nitrogens with one attached hydrogen (secondary N) is 1. The summed E-state index contributed by atoms with van der Waals surface area (Å²) in [6.07, 6.45) is 1.92. The molecule has 6 heteroatoms. The van der Waals surface area contributed by atoms with E-state index in [1.807, 2.05) is 30.3 Å². The van der Waals surface area contributed by atoms with Crippen LogP contribution in [0.5, 0.6) is 5.75 Å². The Morgan fingerprint density at radius 3 is 2.56 bits per heavy atom. The average Bonchev–Trinajstić information content (AvgIpc) is 2.61. The first-order chi connectivity index (χ1) is 12.0. The summed E-state index contributed by atoms with van der Waals surface area (Å²) in [5.41, 5.74) is 1.27. The van der Waals surface area contributed by atoms with Gasteiger partial charge in [-0.25, -0.2) is 4.79 Å². The van der Waals surface area contributed by atoms with Gasteiger partial charge < -0.3 is 14.8 Å². The Kier molecular flexibility index (Phi) is 6.60. The lowest BCUT2D eigenvalue weighted by Crippen LogP contribution is -2.29. The summed E-state index contributed by atoms with van der Waals surface area (Å²) in [4.78, 5) is 24.0. The van der Waals surface area contributed by atoms with Crippen molar-refractivity contribution in [3.63, 3.8) is 0 Å². The van der Waals surface area contributed by atoms with Crippen LogP contribution in [0, 0.1) is 0 Å². The van der Waals surface area contributed by atoms with Crippen LogP contribution in [0.3, 0.4) is 0 Å². The van der Waals surface area contributed by atoms with Crippen LogP contribution in [0.4, 0.5) is 5.69 Å². The third-order valence-electron chi connectivity index (χ3n) is 3.29. The Balaban J connectivity index is 1.95. The number of amides is 1. The van der Waals surface area contributed by atoms with Crippen molar-refractivity contribution in [2.75, 3.05) is 12.4 Å². The summed E-state index contributed by atoms with van der Waals surface area (Å²) in [6, 6.07) is 14.1. The van der Waals surface area contributed by atoms with Crippen molar-refractivity contribution >= 4 is 35.2 Å². The molecular weight excluding hydrogens is 342 g/mol. The molecule has 2 aromatic rings. The zero-order valence-corrected chi connectivity index (χ0v) is 14.6. The first-order valence-electron chi connectivity index (χ1n) is 7.57. The smallest absolute Gasteiger partial charge is 0.331 e. The number of methoxy groups -OCH3 is 1. The quantitative estimate of drug-likeness (QED) is 0.627. The van der Waals surface area contributed by atoms with E-state index >= 15 is 0 Å². The summed E-state index contributed by atoms with van der Waals surface area (Å²) >= 11 is 5.92. The minimum atomic E-state index is -0.975. The Hall–Kier alpha value is -2.79. The summed E-state index contributed by atoms with van der Waals surface area (Å²) in [5.74, 6) is -0.633. The molecule has 1 amide bonds. The number of anilines is 1. The largest absolute Gasteiger partial charge is 0.495 e. The van der Waals surface area contributed by atoms with Gasteiger partial charge in [0.05, 0.1) is 12.8 Å². The van der Waals surface area contributed by atoms with Crippen LogP contribution in [0.25, 0.3) is 6.08 Å². The molecule has 0 aliphatic heterocycles. The molecule has 0 saturated carbocycles. The third kappa shape index (κ3) is 5.65. The highest BCUT2D eigenvalue weighted by Gasteiger charge is 2.18. The van der Waals surface area contributed by atoms with Gasteiger partial charge in [0.25, 0.3) is 5.91 Å². The third-order valence-corrected chi connectivity index (χ3v) is 3.53. The summed E-state index contributed by atoms with van der Waals surface area (Å²) in [5, 5.41) is 3.08. The number of rotatable bonds is 6. The number of carbonyl (C=O) groups is 2. The van der Waals surface area contributed by atoms with E-state index in [0.717, 1.165) is 5.56 Å². The van der Waals surface area contributed by atoms with Gasteiger partial charge in [0.1, 0.15) is 5.75 Å². The van der Waals surface area contributed by atoms with Crippen molar-refractivity contribution in [1.29, 1.82) is 0 Å². The standard InChI is InChI=1S/C19H18ClNO4/c1-13(25-18(22)11-8-14-6-4-3-5-7-14)19(23)21-16-12-15(20)9-10-17(16)24-2/h3-13H,1-2H3,(H,21,23)/b11-8+/t13-/m0/s1. The molecular formula is C19H18ClNO4. The predicted molar refractivity (Wildman–Crippen MR) is 97.7 cm³/mol. The second-order valence-electron chi connectivity index (χ2n) is 5.16. The van der Waals surface area contributed by atoms with Crippen LogP contribution in [0.15, 0.2) is 54.6 Å². The molecule has 130 valence electrons. The molecule has 0 aromatic heterocycles. The molecule has 0 aliphatic rings. The summed E-state index contributed by atoms with van der Waals surface area (Å²) < 4.78 is 10.3. The Morgan fingerprint density at radius 1 is 1.16 bits per heavy atom. The first kappa shape index (κ1) is 18.5. The fourth-order valence-corrected chi connectivity index (χ4v) is 2.18. The number of benzene rings is 2. The van der Waals surface area contributed by atoms with Crippen LogP contribution in [0.1, 0.15) is 12.5 Å². The molecule has 0 radical (unpaired) electrons. The molecule has 5 nitrogen and oxygen atoms in total. The fraction of sp³-hybridized carbons (Fsp3) is 0.158. The minimum Gasteiger partial charge on any atom is -0.495 e. The maximum absolute atomic E-state index is 12.2. The van der Waals surface area contributed by atoms with Gasteiger partial charge in [0, 0.05) is 11.1 Å². The first-order valence-corrected chi connectivity index (χ1v) is 7.95. The van der Waals surface area contributed by atoms with Crippen LogP contribution in [-0.2, 0) is 14.3 Å². The van der Waals surface area contributed by atoms with E-state index in [4.69, 9.17) is 21.1 Å². The van der Waals surface area contributed by atoms with E-state index in [1.54, 1.807) is 24.3 Å². The van der Waals surface area contributed by atoms with Gasteiger partial charge in [-0.05, 0) is 36.8 Å². The van der Waals surface area contributed by atoms with Gasteiger partial charge in [-0.15, -0.1) is 0 Å². The van der Waals surface area contributed by atoms with E-state index < -0.39 is 18.0 Å². The number of halogens is 1. The Labute approximate surface area is 151 Å². The minimum absolute atomic E-state index is 0.405. The van der Waals surface area contributed by atoms with Crippen LogP contribution in [0.2, 0.25) is 5.02 Å². The number of hydrogen-bond acceptors (Lipinski definition) is 4. The summed E-state index contributed by atoms with van der Waals surface area (Å²) in [6.45, 7) is 1.49. The van der Waals surface area contributed by atoms with Crippen molar-refractivity contribution in [2.24, 2.45) is 0 Å². The van der Waals surface area contributed by atoms with Crippen molar-refractivity contribution in [2.45, 2.75) is 13.0 Å². The number of ether oxygens (including phenoxy) is 2. The highest BCUT2D eigenvalue weighted by Crippen LogP contribution is 2.27. The molecule has 2 rings (SSSR count). The van der Waals surface area contributed by atoms with Crippen molar-refractivity contribution in [1.82, 2.24) is 0 Å². The van der Waals surface area contributed by atoms with E-state index in [9.17, 15) is 9.59 Å². The average molecular weight is 360 g/mol. The maximum atomic E-state index is 12.2. The van der Waals surface area contributed by atoms with E-state index in [2.05, 4.69) is 5.32 Å². The zero-order valence-electron chi connectivity index (χ0n) is 13.9. The van der Waals surface area contributed by atoms with Gasteiger partial charge in [-0.1, -0.05) is 41.9 Å². The molecule has 0 fully saturated rings. The van der Waals surface area contributed by atoms with E-state index in [0.29, 0.717) is 16.5 Å². The summed E-state index contributed by atoms with van der Waals surface area (Å²) in [7, 11) is 1.48. The van der Waals surface area contributed by atoms with Crippen LogP contribution < -0.4 is 10.1 Å². The predicted octanol–water partition coefficient (Wildman–Crippen LogP) is 3.93. The zero-order chi connectivity index (χ0) is 18.2. The molecule has 25 heavy (non-hydrogen) atoms. The maximum Gasteiger partial charge on any atom is 0.331 e. The van der Waals surface area contributed by atoms with Crippen molar-refractivity contribution in [3.8, 4) is 5.75 Å². The second kappa shape index (κ2) is 8.89. The van der Waals surface area contributed by atoms with E-state index in [1.165, 1.54) is 20.1 Å². The van der Waals surface area contributed by atoms with Gasteiger partial charge in [0.15, 0.2) is 6.10 Å². The van der Waals surface area contributed by atoms with Gasteiger partial charge in [-0.3, -0.25) is 4.79 Å². The Morgan fingerprint density at radius 2 is 1.88 bits per heavy atom. The fourth-order valence-electron chi connectivity index (χ4n) is 2.01. The normalized spacial score (nSPS) is 11.8. The monoisotopic (exact) mass is 359 g/mol. The molecule has 0 spiro atoms. The molecule has 0 aliphatic carbocycles. The molecule has 1 N–H and O–H groups in total. The van der Waals surface area contributed by atoms with Crippen molar-refractivity contribution in [3.05, 3.63) is 65.2 Å². The molecule has 0 unspecified atom stereocenters. The highest BCUT2D eigenvalue weighted by molar-refractivity contribution is 6.31. The van der Waals surface area contributed by atoms with Crippen LogP contribution >= 0.6 is 11.6 Å². The molecule has 0 heterocycles. The lowest BCUT2D eigenvalue weighted by atomic mass is 10.2. The highest BCUT2D eigenvalue weighted by atomic mass is 35.5. The second-order valence-corrected chi connectivity index (χ2v) is 5.59. The van der Waals surface area contributed by atoms with Crippen molar-refractivity contribution < 1.29 is 19.1 Å². The van der Waals surface area contributed by atoms with Gasteiger partial charge in [0.2, 0.25) is 0 Å². The topological polar surface area (TPSA) is 64.6 Å². The number of esters is 1. The van der Waals surface area contributed by atoms with Gasteiger partial charge >= 0.3 is 5.97 Å². The number of carbonyl (C=O) groups excluding carboxylic acids is 2. The SMILES string of the molecule is COc1ccc(Cl)cc1NC(=O)[C@H](C)OC(=O)/C=C/c1ccccc1. The lowest BCUT2D eigenvalue weighted by Gasteiger charge is -2.14. The van der Waals surface area contributed by atoms with E-state index in [-0.39, 0.29) is 0 Å². The molecule has 1 atom stereocenters. The van der Waals surface area contributed by atoms with Crippen LogP contribution in [-0.4, -0.2) is 25.1 Å². The lowest BCUT2D eigenvalue weighted by molar-refractivity contribution is -0.148.